The number of hydrogen-bond acceptors (Lipinski definition) is 3. The van der Waals surface area contributed by atoms with Crippen LogP contribution in [0.5, 0.6) is 0 Å². The Labute approximate surface area is 114 Å². The van der Waals surface area contributed by atoms with Gasteiger partial charge in [-0.25, -0.2) is 0 Å². The van der Waals surface area contributed by atoms with Crippen molar-refractivity contribution in [3.05, 3.63) is 40.8 Å². The van der Waals surface area contributed by atoms with E-state index < -0.39 is 0 Å². The first-order valence-electron chi connectivity index (χ1n) is 6.92. The summed E-state index contributed by atoms with van der Waals surface area (Å²) < 4.78 is 5.32. The molecule has 3 nitrogen and oxygen atoms in total. The van der Waals surface area contributed by atoms with Crippen LogP contribution in [0.3, 0.4) is 0 Å². The first kappa shape index (κ1) is 12.4. The summed E-state index contributed by atoms with van der Waals surface area (Å²) in [6.45, 7) is 4.01. The summed E-state index contributed by atoms with van der Waals surface area (Å²) in [5.41, 5.74) is 6.41. The Morgan fingerprint density at radius 3 is 2.84 bits per heavy atom. The number of aryl methyl sites for hydroxylation is 2. The largest absolute Gasteiger partial charge is 0.361 e. The molecule has 1 N–H and O–H groups in total. The van der Waals surface area contributed by atoms with Crippen molar-refractivity contribution >= 4 is 0 Å². The smallest absolute Gasteiger partial charge is 0.141 e. The van der Waals surface area contributed by atoms with Gasteiger partial charge in [-0.3, -0.25) is 0 Å². The van der Waals surface area contributed by atoms with E-state index >= 15 is 0 Å². The SMILES string of the molecule is CNC1CCc2c(cccc2-c2c(C)noc2C)C1. The molecular formula is C16H20N2O. The molecule has 100 valence electrons. The minimum atomic E-state index is 0.604. The molecule has 0 fully saturated rings. The lowest BCUT2D eigenvalue weighted by atomic mass is 9.83. The van der Waals surface area contributed by atoms with Gasteiger partial charge in [0.2, 0.25) is 0 Å². The standard InChI is InChI=1S/C16H20N2O/c1-10-16(11(2)19-18-10)15-6-4-5-12-9-13(17-3)7-8-14(12)15/h4-6,13,17H,7-9H2,1-3H3. The highest BCUT2D eigenvalue weighted by Gasteiger charge is 2.22. The van der Waals surface area contributed by atoms with Crippen molar-refractivity contribution in [3.63, 3.8) is 0 Å². The maximum atomic E-state index is 5.32. The minimum Gasteiger partial charge on any atom is -0.361 e. The molecule has 0 saturated carbocycles. The van der Waals surface area contributed by atoms with Crippen molar-refractivity contribution in [2.45, 2.75) is 39.2 Å². The molecule has 2 aromatic rings. The summed E-state index contributed by atoms with van der Waals surface area (Å²) in [6, 6.07) is 7.20. The molecule has 1 aromatic carbocycles. The first-order valence-corrected chi connectivity index (χ1v) is 6.92. The molecule has 19 heavy (non-hydrogen) atoms. The molecule has 0 spiro atoms. The molecule has 1 aromatic heterocycles. The maximum Gasteiger partial charge on any atom is 0.141 e. The van der Waals surface area contributed by atoms with Crippen molar-refractivity contribution in [3.8, 4) is 11.1 Å². The summed E-state index contributed by atoms with van der Waals surface area (Å²) in [4.78, 5) is 0. The van der Waals surface area contributed by atoms with Crippen molar-refractivity contribution in [1.82, 2.24) is 10.5 Å². The van der Waals surface area contributed by atoms with Crippen molar-refractivity contribution in [2.24, 2.45) is 0 Å². The van der Waals surface area contributed by atoms with Crippen LogP contribution < -0.4 is 5.32 Å². The van der Waals surface area contributed by atoms with Crippen LogP contribution in [-0.2, 0) is 12.8 Å². The highest BCUT2D eigenvalue weighted by Crippen LogP contribution is 2.34. The van der Waals surface area contributed by atoms with Crippen LogP contribution in [0.25, 0.3) is 11.1 Å². The van der Waals surface area contributed by atoms with Gasteiger partial charge in [0.25, 0.3) is 0 Å². The number of aromatic nitrogens is 1. The van der Waals surface area contributed by atoms with E-state index in [1.807, 2.05) is 20.9 Å². The molecular weight excluding hydrogens is 236 g/mol. The van der Waals surface area contributed by atoms with Gasteiger partial charge in [0, 0.05) is 11.6 Å². The second kappa shape index (κ2) is 4.82. The number of nitrogens with zero attached hydrogens (tertiary/aromatic N) is 1. The Balaban J connectivity index is 2.10. The van der Waals surface area contributed by atoms with Gasteiger partial charge in [-0.2, -0.15) is 0 Å². The highest BCUT2D eigenvalue weighted by molar-refractivity contribution is 5.72. The molecule has 1 aliphatic rings. The molecule has 0 amide bonds. The van der Waals surface area contributed by atoms with Crippen LogP contribution >= 0.6 is 0 Å². The molecule has 1 unspecified atom stereocenters. The summed E-state index contributed by atoms with van der Waals surface area (Å²) in [5, 5.41) is 7.48. The molecule has 3 rings (SSSR count). The van der Waals surface area contributed by atoms with E-state index in [1.165, 1.54) is 28.7 Å². The Kier molecular flexibility index (Phi) is 3.15. The summed E-state index contributed by atoms with van der Waals surface area (Å²) in [7, 11) is 2.05. The number of hydrogen-bond donors (Lipinski definition) is 1. The van der Waals surface area contributed by atoms with Crippen LogP contribution in [0.2, 0.25) is 0 Å². The summed E-state index contributed by atoms with van der Waals surface area (Å²) >= 11 is 0. The molecule has 1 heterocycles. The fourth-order valence-corrected chi connectivity index (χ4v) is 3.16. The quantitative estimate of drug-likeness (QED) is 0.897. The fraction of sp³-hybridized carbons (Fsp3) is 0.438. The third kappa shape index (κ3) is 2.08. The monoisotopic (exact) mass is 256 g/mol. The van der Waals surface area contributed by atoms with E-state index in [0.29, 0.717) is 6.04 Å². The first-order chi connectivity index (χ1) is 9.20. The van der Waals surface area contributed by atoms with E-state index in [4.69, 9.17) is 4.52 Å². The van der Waals surface area contributed by atoms with Gasteiger partial charge in [0.1, 0.15) is 5.76 Å². The maximum absolute atomic E-state index is 5.32. The predicted octanol–water partition coefficient (Wildman–Crippen LogP) is 3.04. The zero-order chi connectivity index (χ0) is 13.4. The lowest BCUT2D eigenvalue weighted by Crippen LogP contribution is -2.31. The Bertz CT molecular complexity index is 581. The minimum absolute atomic E-state index is 0.604. The molecule has 1 aliphatic carbocycles. The van der Waals surface area contributed by atoms with Gasteiger partial charge in [-0.05, 0) is 56.8 Å². The summed E-state index contributed by atoms with van der Waals surface area (Å²) in [6.07, 6.45) is 3.44. The van der Waals surface area contributed by atoms with Gasteiger partial charge < -0.3 is 9.84 Å². The number of fused-ring (bicyclic) bond motifs is 1. The van der Waals surface area contributed by atoms with Gasteiger partial charge in [0.05, 0.1) is 5.69 Å². The number of rotatable bonds is 2. The van der Waals surface area contributed by atoms with Crippen molar-refractivity contribution in [1.29, 1.82) is 0 Å². The third-order valence-electron chi connectivity index (χ3n) is 4.19. The topological polar surface area (TPSA) is 38.1 Å². The lowest BCUT2D eigenvalue weighted by Gasteiger charge is -2.26. The van der Waals surface area contributed by atoms with Gasteiger partial charge in [-0.1, -0.05) is 23.4 Å². The number of benzene rings is 1. The Hall–Kier alpha value is -1.61. The van der Waals surface area contributed by atoms with Crippen LogP contribution in [0.1, 0.15) is 29.0 Å². The highest BCUT2D eigenvalue weighted by atomic mass is 16.5. The van der Waals surface area contributed by atoms with Gasteiger partial charge in [-0.15, -0.1) is 0 Å². The second-order valence-electron chi connectivity index (χ2n) is 5.37. The van der Waals surface area contributed by atoms with Gasteiger partial charge in [0.15, 0.2) is 0 Å². The van der Waals surface area contributed by atoms with E-state index in [0.717, 1.165) is 24.3 Å². The zero-order valence-corrected chi connectivity index (χ0v) is 11.8. The van der Waals surface area contributed by atoms with E-state index in [-0.39, 0.29) is 0 Å². The van der Waals surface area contributed by atoms with Crippen LogP contribution in [0, 0.1) is 13.8 Å². The average Bonchev–Trinajstić information content (AvgIpc) is 2.77. The van der Waals surface area contributed by atoms with Crippen LogP contribution in [0.4, 0.5) is 0 Å². The third-order valence-corrected chi connectivity index (χ3v) is 4.19. The van der Waals surface area contributed by atoms with Crippen molar-refractivity contribution < 1.29 is 4.52 Å². The van der Waals surface area contributed by atoms with Crippen molar-refractivity contribution in [2.75, 3.05) is 7.05 Å². The Morgan fingerprint density at radius 1 is 1.32 bits per heavy atom. The van der Waals surface area contributed by atoms with E-state index in [2.05, 4.69) is 28.7 Å². The Morgan fingerprint density at radius 2 is 2.16 bits per heavy atom. The molecule has 0 saturated heterocycles. The normalized spacial score (nSPS) is 18.4. The second-order valence-corrected chi connectivity index (χ2v) is 5.37. The van der Waals surface area contributed by atoms with E-state index in [9.17, 15) is 0 Å². The zero-order valence-electron chi connectivity index (χ0n) is 11.8. The van der Waals surface area contributed by atoms with Crippen LogP contribution in [0.15, 0.2) is 22.7 Å². The fourth-order valence-electron chi connectivity index (χ4n) is 3.16. The molecule has 0 bridgehead atoms. The number of likely N-dealkylation sites (N-methyl/N-ethyl adjacent to an activating group) is 1. The predicted molar refractivity (Wildman–Crippen MR) is 76.3 cm³/mol. The molecule has 0 radical (unpaired) electrons. The number of nitrogens with one attached hydrogen (secondary N) is 1. The molecule has 1 atom stereocenters. The average molecular weight is 256 g/mol. The molecule has 3 heteroatoms. The van der Waals surface area contributed by atoms with Crippen LogP contribution in [-0.4, -0.2) is 18.2 Å². The van der Waals surface area contributed by atoms with E-state index in [1.54, 1.807) is 0 Å². The van der Waals surface area contributed by atoms with Gasteiger partial charge >= 0.3 is 0 Å². The molecule has 0 aliphatic heterocycles. The lowest BCUT2D eigenvalue weighted by molar-refractivity contribution is 0.393. The summed E-state index contributed by atoms with van der Waals surface area (Å²) in [5.74, 6) is 0.918.